The Kier molecular flexibility index (Phi) is 4.45. The van der Waals surface area contributed by atoms with Crippen molar-refractivity contribution in [1.29, 1.82) is 0 Å². The molecule has 17 heavy (non-hydrogen) atoms. The number of aromatic nitrogens is 3. The van der Waals surface area contributed by atoms with Crippen LogP contribution in [0, 0.1) is 0 Å². The SMILES string of the molecule is CNC(=O)C(C)Nc1nc(Cl)nc(N(C)C)n1. The fourth-order valence-corrected chi connectivity index (χ4v) is 1.24. The topological polar surface area (TPSA) is 83.0 Å². The number of rotatable bonds is 4. The van der Waals surface area contributed by atoms with E-state index in [0.717, 1.165) is 0 Å². The molecule has 0 aliphatic carbocycles. The zero-order chi connectivity index (χ0) is 13.0. The second-order valence-electron chi connectivity index (χ2n) is 3.60. The van der Waals surface area contributed by atoms with E-state index < -0.39 is 6.04 Å². The van der Waals surface area contributed by atoms with Crippen molar-refractivity contribution in [2.45, 2.75) is 13.0 Å². The first-order chi connectivity index (χ1) is 7.93. The Morgan fingerprint density at radius 3 is 2.53 bits per heavy atom. The molecule has 0 fully saturated rings. The van der Waals surface area contributed by atoms with Gasteiger partial charge in [0.2, 0.25) is 23.1 Å². The first kappa shape index (κ1) is 13.4. The van der Waals surface area contributed by atoms with Crippen LogP contribution in [0.2, 0.25) is 5.28 Å². The fourth-order valence-electron chi connectivity index (χ4n) is 1.08. The van der Waals surface area contributed by atoms with Crippen LogP contribution in [0.5, 0.6) is 0 Å². The minimum atomic E-state index is -0.450. The lowest BCUT2D eigenvalue weighted by atomic mass is 10.3. The highest BCUT2D eigenvalue weighted by atomic mass is 35.5. The Morgan fingerprint density at radius 2 is 2.00 bits per heavy atom. The van der Waals surface area contributed by atoms with Crippen molar-refractivity contribution in [2.24, 2.45) is 0 Å². The van der Waals surface area contributed by atoms with E-state index in [4.69, 9.17) is 11.6 Å². The number of carbonyl (C=O) groups excluding carboxylic acids is 1. The summed E-state index contributed by atoms with van der Waals surface area (Å²) in [4.78, 5) is 25.0. The van der Waals surface area contributed by atoms with E-state index in [1.54, 1.807) is 33.0 Å². The molecule has 8 heteroatoms. The van der Waals surface area contributed by atoms with Crippen LogP contribution in [0.1, 0.15) is 6.92 Å². The second-order valence-corrected chi connectivity index (χ2v) is 3.94. The lowest BCUT2D eigenvalue weighted by Gasteiger charge is -2.14. The smallest absolute Gasteiger partial charge is 0.242 e. The summed E-state index contributed by atoms with van der Waals surface area (Å²) < 4.78 is 0. The summed E-state index contributed by atoms with van der Waals surface area (Å²) in [6.45, 7) is 1.70. The molecule has 7 nitrogen and oxygen atoms in total. The molecule has 0 aromatic carbocycles. The molecule has 1 unspecified atom stereocenters. The Bertz CT molecular complexity index is 410. The van der Waals surface area contributed by atoms with E-state index in [-0.39, 0.29) is 17.1 Å². The van der Waals surface area contributed by atoms with Crippen LogP contribution in [0.15, 0.2) is 0 Å². The van der Waals surface area contributed by atoms with Crippen molar-refractivity contribution in [3.05, 3.63) is 5.28 Å². The average Bonchev–Trinajstić information content (AvgIpc) is 2.26. The second kappa shape index (κ2) is 5.62. The summed E-state index contributed by atoms with van der Waals surface area (Å²) in [5, 5.41) is 5.44. The number of halogens is 1. The highest BCUT2D eigenvalue weighted by Crippen LogP contribution is 2.12. The molecular formula is C9H15ClN6O. The van der Waals surface area contributed by atoms with E-state index in [0.29, 0.717) is 5.95 Å². The molecule has 0 aliphatic rings. The summed E-state index contributed by atoms with van der Waals surface area (Å²) in [6.07, 6.45) is 0. The summed E-state index contributed by atoms with van der Waals surface area (Å²) in [7, 11) is 5.14. The standard InChI is InChI=1S/C9H15ClN6O/c1-5(6(17)11-2)12-8-13-7(10)14-9(15-8)16(3)4/h5H,1-4H3,(H,11,17)(H,12,13,14,15). The van der Waals surface area contributed by atoms with Crippen LogP contribution in [0.25, 0.3) is 0 Å². The van der Waals surface area contributed by atoms with Crippen LogP contribution in [-0.2, 0) is 4.79 Å². The predicted octanol–water partition coefficient (Wildman–Crippen LogP) is 0.137. The average molecular weight is 259 g/mol. The van der Waals surface area contributed by atoms with Gasteiger partial charge in [0.15, 0.2) is 0 Å². The number of hydrogen-bond acceptors (Lipinski definition) is 6. The molecule has 0 saturated carbocycles. The van der Waals surface area contributed by atoms with Gasteiger partial charge in [0.25, 0.3) is 0 Å². The molecule has 1 aromatic heterocycles. The van der Waals surface area contributed by atoms with Crippen LogP contribution in [0.3, 0.4) is 0 Å². The van der Waals surface area contributed by atoms with Crippen molar-refractivity contribution >= 4 is 29.4 Å². The van der Waals surface area contributed by atoms with Gasteiger partial charge in [0, 0.05) is 21.1 Å². The quantitative estimate of drug-likeness (QED) is 0.799. The largest absolute Gasteiger partial charge is 0.357 e. The van der Waals surface area contributed by atoms with Crippen molar-refractivity contribution in [2.75, 3.05) is 31.4 Å². The maximum Gasteiger partial charge on any atom is 0.242 e. The zero-order valence-corrected chi connectivity index (χ0v) is 10.9. The number of anilines is 2. The van der Waals surface area contributed by atoms with Crippen molar-refractivity contribution < 1.29 is 4.79 Å². The Labute approximate surface area is 105 Å². The predicted molar refractivity (Wildman–Crippen MR) is 66.3 cm³/mol. The van der Waals surface area contributed by atoms with E-state index in [2.05, 4.69) is 25.6 Å². The lowest BCUT2D eigenvalue weighted by Crippen LogP contribution is -2.35. The maximum absolute atomic E-state index is 11.3. The van der Waals surface area contributed by atoms with Gasteiger partial charge in [0.05, 0.1) is 0 Å². The van der Waals surface area contributed by atoms with Gasteiger partial charge in [-0.25, -0.2) is 0 Å². The minimum Gasteiger partial charge on any atom is -0.357 e. The van der Waals surface area contributed by atoms with E-state index in [9.17, 15) is 4.79 Å². The number of amides is 1. The molecule has 1 amide bonds. The molecule has 0 bridgehead atoms. The molecule has 1 aromatic rings. The van der Waals surface area contributed by atoms with Gasteiger partial charge >= 0.3 is 0 Å². The fraction of sp³-hybridized carbons (Fsp3) is 0.556. The number of carbonyl (C=O) groups is 1. The summed E-state index contributed by atoms with van der Waals surface area (Å²) in [5.74, 6) is 0.536. The number of nitrogens with zero attached hydrogens (tertiary/aromatic N) is 4. The van der Waals surface area contributed by atoms with Crippen molar-refractivity contribution in [3.63, 3.8) is 0 Å². The molecule has 0 spiro atoms. The van der Waals surface area contributed by atoms with E-state index in [1.807, 2.05) is 0 Å². The van der Waals surface area contributed by atoms with Gasteiger partial charge in [0.1, 0.15) is 6.04 Å². The van der Waals surface area contributed by atoms with Crippen molar-refractivity contribution in [1.82, 2.24) is 20.3 Å². The number of nitrogens with one attached hydrogen (secondary N) is 2. The molecule has 1 atom stereocenters. The minimum absolute atomic E-state index is 0.0790. The monoisotopic (exact) mass is 258 g/mol. The molecule has 94 valence electrons. The summed E-state index contributed by atoms with van der Waals surface area (Å²) >= 11 is 5.76. The van der Waals surface area contributed by atoms with Gasteiger partial charge < -0.3 is 15.5 Å². The highest BCUT2D eigenvalue weighted by Gasteiger charge is 2.13. The lowest BCUT2D eigenvalue weighted by molar-refractivity contribution is -0.121. The number of likely N-dealkylation sites (N-methyl/N-ethyl adjacent to an activating group) is 1. The first-order valence-corrected chi connectivity index (χ1v) is 5.39. The highest BCUT2D eigenvalue weighted by molar-refractivity contribution is 6.28. The van der Waals surface area contributed by atoms with Crippen molar-refractivity contribution in [3.8, 4) is 0 Å². The third kappa shape index (κ3) is 3.70. The Morgan fingerprint density at radius 1 is 1.35 bits per heavy atom. The third-order valence-corrected chi connectivity index (χ3v) is 2.15. The van der Waals surface area contributed by atoms with Crippen LogP contribution >= 0.6 is 11.6 Å². The van der Waals surface area contributed by atoms with Gasteiger partial charge in [-0.2, -0.15) is 15.0 Å². The van der Waals surface area contributed by atoms with Gasteiger partial charge in [-0.05, 0) is 18.5 Å². The van der Waals surface area contributed by atoms with Gasteiger partial charge in [-0.1, -0.05) is 0 Å². The Balaban J connectivity index is 2.87. The Hall–Kier alpha value is -1.63. The van der Waals surface area contributed by atoms with Crippen LogP contribution < -0.4 is 15.5 Å². The molecule has 1 rings (SSSR count). The molecule has 0 saturated heterocycles. The van der Waals surface area contributed by atoms with Crippen LogP contribution in [0.4, 0.5) is 11.9 Å². The summed E-state index contributed by atoms with van der Waals surface area (Å²) in [5.41, 5.74) is 0. The van der Waals surface area contributed by atoms with Gasteiger partial charge in [-0.15, -0.1) is 0 Å². The normalized spacial score (nSPS) is 11.8. The number of hydrogen-bond donors (Lipinski definition) is 2. The molecule has 2 N–H and O–H groups in total. The zero-order valence-electron chi connectivity index (χ0n) is 10.2. The van der Waals surface area contributed by atoms with Gasteiger partial charge in [-0.3, -0.25) is 4.79 Å². The molecule has 0 aliphatic heterocycles. The first-order valence-electron chi connectivity index (χ1n) is 5.01. The molecular weight excluding hydrogens is 244 g/mol. The summed E-state index contributed by atoms with van der Waals surface area (Å²) in [6, 6.07) is -0.450. The van der Waals surface area contributed by atoms with E-state index in [1.165, 1.54) is 0 Å². The molecule has 1 heterocycles. The maximum atomic E-state index is 11.3. The van der Waals surface area contributed by atoms with Crippen LogP contribution in [-0.4, -0.2) is 48.0 Å². The van der Waals surface area contributed by atoms with E-state index >= 15 is 0 Å². The third-order valence-electron chi connectivity index (χ3n) is 1.98. The molecule has 0 radical (unpaired) electrons.